The summed E-state index contributed by atoms with van der Waals surface area (Å²) in [6.07, 6.45) is 50.9. The maximum Gasteiger partial charge on any atom is 0.306 e. The second kappa shape index (κ2) is 48.9. The van der Waals surface area contributed by atoms with Gasteiger partial charge in [-0.05, 0) is 31.1 Å². The molecule has 0 rings (SSSR count). The smallest absolute Gasteiger partial charge is 0.306 e. The van der Waals surface area contributed by atoms with Gasteiger partial charge >= 0.3 is 17.9 Å². The minimum atomic E-state index is -0.762. The third-order valence-electron chi connectivity index (χ3n) is 12.7. The predicted molar refractivity (Wildman–Crippen MR) is 266 cm³/mol. The first-order chi connectivity index (χ1) is 30.2. The van der Waals surface area contributed by atoms with Crippen molar-refractivity contribution in [3.63, 3.8) is 0 Å². The summed E-state index contributed by atoms with van der Waals surface area (Å²) in [6.45, 7) is 11.4. The number of hydrogen-bond donors (Lipinski definition) is 0. The molecule has 368 valence electrons. The molecular weight excluding hydrogens is 769 g/mol. The first-order valence-electron chi connectivity index (χ1n) is 27.7. The summed E-state index contributed by atoms with van der Waals surface area (Å²) in [5, 5.41) is 0. The van der Waals surface area contributed by atoms with Crippen LogP contribution in [0.2, 0.25) is 0 Å². The van der Waals surface area contributed by atoms with Gasteiger partial charge in [-0.25, -0.2) is 0 Å². The van der Waals surface area contributed by atoms with Gasteiger partial charge in [0, 0.05) is 19.3 Å². The summed E-state index contributed by atoms with van der Waals surface area (Å²) in [7, 11) is 0. The standard InChI is InChI=1S/C56H108O6/c1-6-7-8-9-10-11-12-14-23-28-33-38-43-48-56(59)62-53(50-61-55(58)47-42-37-32-27-22-18-17-20-25-30-35-40-45-52(4)5)49-60-54(57)46-41-36-31-26-21-16-13-15-19-24-29-34-39-44-51(2)3/h51-53H,6-50H2,1-5H3/t53-/m0/s1. The summed E-state index contributed by atoms with van der Waals surface area (Å²) in [5.41, 5.74) is 0. The van der Waals surface area contributed by atoms with Gasteiger partial charge in [0.05, 0.1) is 0 Å². The van der Waals surface area contributed by atoms with Crippen LogP contribution < -0.4 is 0 Å². The molecule has 6 heteroatoms. The van der Waals surface area contributed by atoms with E-state index in [1.54, 1.807) is 0 Å². The minimum Gasteiger partial charge on any atom is -0.462 e. The lowest BCUT2D eigenvalue weighted by Gasteiger charge is -2.18. The first-order valence-corrected chi connectivity index (χ1v) is 27.7. The van der Waals surface area contributed by atoms with E-state index in [4.69, 9.17) is 14.2 Å². The second-order valence-electron chi connectivity index (χ2n) is 20.2. The van der Waals surface area contributed by atoms with Crippen LogP contribution in [-0.2, 0) is 28.6 Å². The van der Waals surface area contributed by atoms with E-state index in [1.165, 1.54) is 199 Å². The zero-order valence-electron chi connectivity index (χ0n) is 42.5. The SMILES string of the molecule is CCCCCCCCCCCCCCCC(=O)O[C@@H](COC(=O)CCCCCCCCCCCCCCCC(C)C)COC(=O)CCCCCCCCCCCCCCC(C)C. The molecule has 0 aliphatic carbocycles. The highest BCUT2D eigenvalue weighted by Crippen LogP contribution is 2.18. The Labute approximate surface area is 387 Å². The molecule has 0 unspecified atom stereocenters. The van der Waals surface area contributed by atoms with Crippen molar-refractivity contribution in [1.82, 2.24) is 0 Å². The van der Waals surface area contributed by atoms with E-state index in [9.17, 15) is 14.4 Å². The maximum absolute atomic E-state index is 12.8. The molecule has 0 aliphatic rings. The van der Waals surface area contributed by atoms with Crippen LogP contribution in [0.3, 0.4) is 0 Å². The average molecular weight is 877 g/mol. The Morgan fingerprint density at radius 3 is 0.790 bits per heavy atom. The molecule has 0 aromatic carbocycles. The molecule has 0 saturated heterocycles. The van der Waals surface area contributed by atoms with Crippen molar-refractivity contribution in [2.75, 3.05) is 13.2 Å². The number of carbonyl (C=O) groups excluding carboxylic acids is 3. The number of esters is 3. The molecule has 0 amide bonds. The fourth-order valence-electron chi connectivity index (χ4n) is 8.52. The van der Waals surface area contributed by atoms with Gasteiger partial charge in [-0.15, -0.1) is 0 Å². The number of carbonyl (C=O) groups is 3. The molecule has 0 aliphatic heterocycles. The lowest BCUT2D eigenvalue weighted by molar-refractivity contribution is -0.167. The number of ether oxygens (including phenoxy) is 3. The van der Waals surface area contributed by atoms with Gasteiger partial charge < -0.3 is 14.2 Å². The zero-order valence-corrected chi connectivity index (χ0v) is 42.5. The van der Waals surface area contributed by atoms with Crippen molar-refractivity contribution in [2.45, 2.75) is 317 Å². The van der Waals surface area contributed by atoms with Crippen LogP contribution in [0.5, 0.6) is 0 Å². The summed E-state index contributed by atoms with van der Waals surface area (Å²) in [4.78, 5) is 38.1. The van der Waals surface area contributed by atoms with Crippen LogP contribution in [0.4, 0.5) is 0 Å². The van der Waals surface area contributed by atoms with Crippen LogP contribution >= 0.6 is 0 Å². The van der Waals surface area contributed by atoms with Gasteiger partial charge in [-0.1, -0.05) is 272 Å². The second-order valence-corrected chi connectivity index (χ2v) is 20.2. The molecular formula is C56H108O6. The Morgan fingerprint density at radius 1 is 0.306 bits per heavy atom. The van der Waals surface area contributed by atoms with Crippen molar-refractivity contribution in [1.29, 1.82) is 0 Å². The van der Waals surface area contributed by atoms with Gasteiger partial charge in [-0.3, -0.25) is 14.4 Å². The fourth-order valence-corrected chi connectivity index (χ4v) is 8.52. The Balaban J connectivity index is 4.30. The van der Waals surface area contributed by atoms with E-state index in [0.29, 0.717) is 19.3 Å². The van der Waals surface area contributed by atoms with Gasteiger partial charge in [0.25, 0.3) is 0 Å². The molecule has 0 saturated carbocycles. The Morgan fingerprint density at radius 2 is 0.532 bits per heavy atom. The van der Waals surface area contributed by atoms with Gasteiger partial charge in [0.15, 0.2) is 6.10 Å². The van der Waals surface area contributed by atoms with E-state index in [1.807, 2.05) is 0 Å². The van der Waals surface area contributed by atoms with Gasteiger partial charge in [-0.2, -0.15) is 0 Å². The van der Waals surface area contributed by atoms with E-state index < -0.39 is 6.10 Å². The summed E-state index contributed by atoms with van der Waals surface area (Å²) < 4.78 is 16.9. The minimum absolute atomic E-state index is 0.0630. The van der Waals surface area contributed by atoms with Crippen molar-refractivity contribution in [2.24, 2.45) is 11.8 Å². The highest BCUT2D eigenvalue weighted by Gasteiger charge is 2.19. The van der Waals surface area contributed by atoms with Crippen molar-refractivity contribution in [3.05, 3.63) is 0 Å². The third-order valence-corrected chi connectivity index (χ3v) is 12.7. The van der Waals surface area contributed by atoms with E-state index >= 15 is 0 Å². The van der Waals surface area contributed by atoms with E-state index in [0.717, 1.165) is 69.6 Å². The summed E-state index contributed by atoms with van der Waals surface area (Å²) in [5.74, 6) is 0.832. The molecule has 0 fully saturated rings. The fraction of sp³-hybridized carbons (Fsp3) is 0.946. The largest absolute Gasteiger partial charge is 0.462 e. The number of rotatable bonds is 50. The number of hydrogen-bond acceptors (Lipinski definition) is 6. The molecule has 0 heterocycles. The monoisotopic (exact) mass is 877 g/mol. The normalized spacial score (nSPS) is 12.0. The molecule has 0 spiro atoms. The topological polar surface area (TPSA) is 78.9 Å². The molecule has 0 bridgehead atoms. The zero-order chi connectivity index (χ0) is 45.4. The van der Waals surface area contributed by atoms with Crippen molar-refractivity contribution < 1.29 is 28.6 Å². The van der Waals surface area contributed by atoms with Crippen LogP contribution in [0, 0.1) is 11.8 Å². The van der Waals surface area contributed by atoms with Crippen LogP contribution in [-0.4, -0.2) is 37.2 Å². The predicted octanol–water partition coefficient (Wildman–Crippen LogP) is 18.1. The molecule has 0 radical (unpaired) electrons. The average Bonchev–Trinajstić information content (AvgIpc) is 3.24. The Bertz CT molecular complexity index is 947. The quantitative estimate of drug-likeness (QED) is 0.0344. The highest BCUT2D eigenvalue weighted by molar-refractivity contribution is 5.71. The van der Waals surface area contributed by atoms with Crippen LogP contribution in [0.25, 0.3) is 0 Å². The molecule has 0 aromatic rings. The van der Waals surface area contributed by atoms with Crippen molar-refractivity contribution in [3.8, 4) is 0 Å². The van der Waals surface area contributed by atoms with Gasteiger partial charge in [0.1, 0.15) is 13.2 Å². The molecule has 62 heavy (non-hydrogen) atoms. The van der Waals surface area contributed by atoms with Crippen LogP contribution in [0.1, 0.15) is 311 Å². The molecule has 1 atom stereocenters. The lowest BCUT2D eigenvalue weighted by Crippen LogP contribution is -2.30. The van der Waals surface area contributed by atoms with E-state index in [2.05, 4.69) is 34.6 Å². The maximum atomic E-state index is 12.8. The molecule has 0 aromatic heterocycles. The van der Waals surface area contributed by atoms with E-state index in [-0.39, 0.29) is 31.1 Å². The third kappa shape index (κ3) is 49.4. The Hall–Kier alpha value is -1.59. The number of unbranched alkanes of at least 4 members (excludes halogenated alkanes) is 35. The van der Waals surface area contributed by atoms with Gasteiger partial charge in [0.2, 0.25) is 0 Å². The first kappa shape index (κ1) is 60.4. The van der Waals surface area contributed by atoms with Crippen molar-refractivity contribution >= 4 is 17.9 Å². The molecule has 6 nitrogen and oxygen atoms in total. The highest BCUT2D eigenvalue weighted by atomic mass is 16.6. The summed E-state index contributed by atoms with van der Waals surface area (Å²) >= 11 is 0. The lowest BCUT2D eigenvalue weighted by atomic mass is 10.0. The summed E-state index contributed by atoms with van der Waals surface area (Å²) in [6, 6.07) is 0. The van der Waals surface area contributed by atoms with Crippen LogP contribution in [0.15, 0.2) is 0 Å². The Kier molecular flexibility index (Phi) is 47.6. The molecule has 0 N–H and O–H groups in total.